The van der Waals surface area contributed by atoms with Gasteiger partial charge in [-0.05, 0) is 43.5 Å². The van der Waals surface area contributed by atoms with Crippen LogP contribution in [0.15, 0.2) is 40.9 Å². The summed E-state index contributed by atoms with van der Waals surface area (Å²) in [5, 5.41) is 3.92. The number of rotatable bonds is 5. The molecular formula is C17H20Cl2N2O2. The van der Waals surface area contributed by atoms with Crippen LogP contribution >= 0.6 is 24.0 Å². The summed E-state index contributed by atoms with van der Waals surface area (Å²) in [6, 6.07) is 12.0. The lowest BCUT2D eigenvalue weighted by Gasteiger charge is -2.30. The second kappa shape index (κ2) is 8.48. The number of carbonyl (C=O) groups is 1. The van der Waals surface area contributed by atoms with Crippen molar-refractivity contribution < 1.29 is 9.32 Å². The fourth-order valence-electron chi connectivity index (χ4n) is 2.93. The van der Waals surface area contributed by atoms with Gasteiger partial charge in [-0.1, -0.05) is 35.5 Å². The van der Waals surface area contributed by atoms with Crippen LogP contribution in [0.1, 0.15) is 25.0 Å². The van der Waals surface area contributed by atoms with Gasteiger partial charge < -0.3 is 4.52 Å². The van der Waals surface area contributed by atoms with Crippen molar-refractivity contribution in [2.24, 2.45) is 5.92 Å². The lowest BCUT2D eigenvalue weighted by Crippen LogP contribution is -2.33. The first kappa shape index (κ1) is 18.0. The van der Waals surface area contributed by atoms with Gasteiger partial charge in [0.1, 0.15) is 5.69 Å². The molecule has 0 unspecified atom stereocenters. The van der Waals surface area contributed by atoms with E-state index in [4.69, 9.17) is 16.1 Å². The third-order valence-corrected chi connectivity index (χ3v) is 4.32. The molecule has 124 valence electrons. The van der Waals surface area contributed by atoms with Gasteiger partial charge in [-0.2, -0.15) is 0 Å². The molecule has 1 aromatic carbocycles. The second-order valence-corrected chi connectivity index (χ2v) is 6.24. The van der Waals surface area contributed by atoms with E-state index in [1.54, 1.807) is 0 Å². The molecule has 1 aromatic heterocycles. The van der Waals surface area contributed by atoms with E-state index in [0.717, 1.165) is 49.5 Å². The largest absolute Gasteiger partial charge is 0.359 e. The third kappa shape index (κ3) is 5.06. The molecular weight excluding hydrogens is 335 g/mol. The van der Waals surface area contributed by atoms with E-state index in [9.17, 15) is 4.79 Å². The van der Waals surface area contributed by atoms with E-state index in [1.165, 1.54) is 0 Å². The van der Waals surface area contributed by atoms with E-state index in [-0.39, 0.29) is 17.6 Å². The molecule has 1 aliphatic rings. The quantitative estimate of drug-likeness (QED) is 0.757. The van der Waals surface area contributed by atoms with E-state index in [2.05, 4.69) is 10.1 Å². The first-order valence-electron chi connectivity index (χ1n) is 7.62. The highest BCUT2D eigenvalue weighted by Gasteiger charge is 2.22. The molecule has 0 amide bonds. The highest BCUT2D eigenvalue weighted by atomic mass is 35.5. The number of benzene rings is 1. The smallest absolute Gasteiger partial charge is 0.221 e. The zero-order valence-electron chi connectivity index (χ0n) is 12.8. The number of carbonyl (C=O) groups excluding carboxylic acids is 1. The fraction of sp³-hybridized carbons (Fsp3) is 0.412. The standard InChI is InChI=1S/C17H19ClN2O2.ClH/c18-17(21)10-13-6-8-20(9-7-13)12-15-11-16(19-22-15)14-4-2-1-3-5-14;/h1-5,11,13H,6-10,12H2;1H. The molecule has 0 saturated carbocycles. The van der Waals surface area contributed by atoms with E-state index in [0.29, 0.717) is 12.3 Å². The van der Waals surface area contributed by atoms with E-state index >= 15 is 0 Å². The average Bonchev–Trinajstić information content (AvgIpc) is 2.98. The van der Waals surface area contributed by atoms with Crippen LogP contribution in [0.5, 0.6) is 0 Å². The van der Waals surface area contributed by atoms with Gasteiger partial charge >= 0.3 is 0 Å². The lowest BCUT2D eigenvalue weighted by atomic mass is 9.94. The zero-order chi connectivity index (χ0) is 15.4. The minimum absolute atomic E-state index is 0. The zero-order valence-corrected chi connectivity index (χ0v) is 14.4. The Hall–Kier alpha value is -1.36. The molecule has 4 nitrogen and oxygen atoms in total. The van der Waals surface area contributed by atoms with Gasteiger partial charge in [0.15, 0.2) is 5.76 Å². The third-order valence-electron chi connectivity index (χ3n) is 4.16. The molecule has 2 heterocycles. The summed E-state index contributed by atoms with van der Waals surface area (Å²) in [6.45, 7) is 2.70. The molecule has 6 heteroatoms. The van der Waals surface area contributed by atoms with Crippen molar-refractivity contribution in [1.82, 2.24) is 10.1 Å². The van der Waals surface area contributed by atoms with Gasteiger partial charge in [-0.15, -0.1) is 12.4 Å². The Kier molecular flexibility index (Phi) is 6.63. The van der Waals surface area contributed by atoms with Crippen LogP contribution in [0.3, 0.4) is 0 Å². The number of aromatic nitrogens is 1. The summed E-state index contributed by atoms with van der Waals surface area (Å²) in [5.41, 5.74) is 1.94. The maximum atomic E-state index is 11.0. The molecule has 0 radical (unpaired) electrons. The normalized spacial score (nSPS) is 16.0. The summed E-state index contributed by atoms with van der Waals surface area (Å²) in [7, 11) is 0. The fourth-order valence-corrected chi connectivity index (χ4v) is 3.15. The van der Waals surface area contributed by atoms with Crippen LogP contribution in [0.4, 0.5) is 0 Å². The Morgan fingerprint density at radius 3 is 2.61 bits per heavy atom. The number of hydrogen-bond acceptors (Lipinski definition) is 4. The van der Waals surface area contributed by atoms with Gasteiger partial charge in [-0.3, -0.25) is 9.69 Å². The van der Waals surface area contributed by atoms with Crippen LogP contribution < -0.4 is 0 Å². The second-order valence-electron chi connectivity index (χ2n) is 5.82. The molecule has 1 saturated heterocycles. The number of nitrogens with zero attached hydrogens (tertiary/aromatic N) is 2. The Bertz CT molecular complexity index is 623. The summed E-state index contributed by atoms with van der Waals surface area (Å²) in [5.74, 6) is 1.31. The van der Waals surface area contributed by atoms with Crippen LogP contribution in [0, 0.1) is 5.92 Å². The van der Waals surface area contributed by atoms with Gasteiger partial charge in [0.25, 0.3) is 0 Å². The SMILES string of the molecule is Cl.O=C(Cl)CC1CCN(Cc2cc(-c3ccccc3)no2)CC1. The number of piperidine rings is 1. The average molecular weight is 355 g/mol. The summed E-state index contributed by atoms with van der Waals surface area (Å²) in [6.07, 6.45) is 2.52. The van der Waals surface area contributed by atoms with Crippen molar-refractivity contribution >= 4 is 29.3 Å². The maximum absolute atomic E-state index is 11.0. The van der Waals surface area contributed by atoms with Crippen LogP contribution in [0.2, 0.25) is 0 Å². The van der Waals surface area contributed by atoms with Gasteiger partial charge in [0.05, 0.1) is 6.54 Å². The monoisotopic (exact) mass is 354 g/mol. The van der Waals surface area contributed by atoms with Crippen LogP contribution in [0.25, 0.3) is 11.3 Å². The maximum Gasteiger partial charge on any atom is 0.221 e. The molecule has 0 spiro atoms. The summed E-state index contributed by atoms with van der Waals surface area (Å²) in [4.78, 5) is 13.3. The van der Waals surface area contributed by atoms with Crippen LogP contribution in [-0.2, 0) is 11.3 Å². The first-order chi connectivity index (χ1) is 10.7. The Labute approximate surface area is 147 Å². The summed E-state index contributed by atoms with van der Waals surface area (Å²) < 4.78 is 5.45. The highest BCUT2D eigenvalue weighted by Crippen LogP contribution is 2.24. The molecule has 1 aliphatic heterocycles. The predicted molar refractivity (Wildman–Crippen MR) is 92.7 cm³/mol. The number of hydrogen-bond donors (Lipinski definition) is 0. The summed E-state index contributed by atoms with van der Waals surface area (Å²) >= 11 is 5.46. The molecule has 0 aliphatic carbocycles. The highest BCUT2D eigenvalue weighted by molar-refractivity contribution is 6.63. The molecule has 0 bridgehead atoms. The molecule has 0 atom stereocenters. The van der Waals surface area contributed by atoms with E-state index < -0.39 is 0 Å². The van der Waals surface area contributed by atoms with Crippen molar-refractivity contribution in [3.05, 3.63) is 42.2 Å². The molecule has 23 heavy (non-hydrogen) atoms. The topological polar surface area (TPSA) is 46.3 Å². The Morgan fingerprint density at radius 1 is 1.26 bits per heavy atom. The molecule has 2 aromatic rings. The minimum Gasteiger partial charge on any atom is -0.359 e. The van der Waals surface area contributed by atoms with Crippen LogP contribution in [-0.4, -0.2) is 28.4 Å². The van der Waals surface area contributed by atoms with Crippen molar-refractivity contribution in [2.75, 3.05) is 13.1 Å². The van der Waals surface area contributed by atoms with Gasteiger partial charge in [-0.25, -0.2) is 0 Å². The van der Waals surface area contributed by atoms with E-state index in [1.807, 2.05) is 36.4 Å². The van der Waals surface area contributed by atoms with Crippen molar-refractivity contribution in [3.63, 3.8) is 0 Å². The molecule has 3 rings (SSSR count). The first-order valence-corrected chi connectivity index (χ1v) is 8.00. The van der Waals surface area contributed by atoms with Crippen molar-refractivity contribution in [1.29, 1.82) is 0 Å². The predicted octanol–water partition coefficient (Wildman–Crippen LogP) is 4.13. The molecule has 1 fully saturated rings. The molecule has 0 N–H and O–H groups in total. The lowest BCUT2D eigenvalue weighted by molar-refractivity contribution is -0.112. The Balaban J connectivity index is 0.00000192. The number of halogens is 2. The van der Waals surface area contributed by atoms with Crippen molar-refractivity contribution in [3.8, 4) is 11.3 Å². The van der Waals surface area contributed by atoms with Gasteiger partial charge in [0, 0.05) is 18.1 Å². The van der Waals surface area contributed by atoms with Gasteiger partial charge in [0.2, 0.25) is 5.24 Å². The Morgan fingerprint density at radius 2 is 1.96 bits per heavy atom. The minimum atomic E-state index is -0.221. The number of likely N-dealkylation sites (tertiary alicyclic amines) is 1. The van der Waals surface area contributed by atoms with Crippen molar-refractivity contribution in [2.45, 2.75) is 25.8 Å².